The highest BCUT2D eigenvalue weighted by Gasteiger charge is 2.16. The molecule has 0 aliphatic carbocycles. The summed E-state index contributed by atoms with van der Waals surface area (Å²) in [5.74, 6) is -0.870. The van der Waals surface area contributed by atoms with Crippen LogP contribution in [0.25, 0.3) is 11.4 Å². The fourth-order valence-corrected chi connectivity index (χ4v) is 3.26. The molecule has 1 amide bonds. The van der Waals surface area contributed by atoms with Crippen molar-refractivity contribution >= 4 is 17.7 Å². The van der Waals surface area contributed by atoms with E-state index >= 15 is 0 Å². The van der Waals surface area contributed by atoms with Crippen LogP contribution >= 0.6 is 11.8 Å². The Bertz CT molecular complexity index is 948. The molecule has 6 nitrogen and oxygen atoms in total. The first-order valence-corrected chi connectivity index (χ1v) is 9.11. The molecule has 0 saturated carbocycles. The molecule has 2 aromatic heterocycles. The molecular formula is C18H17F2N5OS. The number of pyridine rings is 1. The number of hydrogen-bond donors (Lipinski definition) is 1. The highest BCUT2D eigenvalue weighted by Crippen LogP contribution is 2.22. The summed E-state index contributed by atoms with van der Waals surface area (Å²) in [5, 5.41) is 11.5. The van der Waals surface area contributed by atoms with Gasteiger partial charge in [-0.25, -0.2) is 8.78 Å². The highest BCUT2D eigenvalue weighted by atomic mass is 32.2. The summed E-state index contributed by atoms with van der Waals surface area (Å²) in [6.45, 7) is 1.64. The van der Waals surface area contributed by atoms with Gasteiger partial charge in [0.15, 0.2) is 11.0 Å². The Morgan fingerprint density at radius 2 is 1.96 bits per heavy atom. The quantitative estimate of drug-likeness (QED) is 0.656. The lowest BCUT2D eigenvalue weighted by atomic mass is 10.1. The molecule has 3 rings (SSSR count). The van der Waals surface area contributed by atoms with Crippen LogP contribution in [0, 0.1) is 11.6 Å². The standard InChI is InChI=1S/C18H17F2N5OS/c1-11(14-4-3-13(19)9-15(14)20)22-16(26)10-27-18-24-23-17(25(18)2)12-5-7-21-8-6-12/h3-9,11H,10H2,1-2H3,(H,22,26)/t11-/m0/s1. The summed E-state index contributed by atoms with van der Waals surface area (Å²) in [5.41, 5.74) is 1.10. The molecular weight excluding hydrogens is 372 g/mol. The molecule has 3 aromatic rings. The van der Waals surface area contributed by atoms with E-state index in [0.29, 0.717) is 11.0 Å². The van der Waals surface area contributed by atoms with Gasteiger partial charge >= 0.3 is 0 Å². The van der Waals surface area contributed by atoms with Crippen LogP contribution < -0.4 is 5.32 Å². The van der Waals surface area contributed by atoms with Gasteiger partial charge in [0.05, 0.1) is 11.8 Å². The van der Waals surface area contributed by atoms with Crippen LogP contribution in [0.1, 0.15) is 18.5 Å². The van der Waals surface area contributed by atoms with Crippen LogP contribution in [0.2, 0.25) is 0 Å². The van der Waals surface area contributed by atoms with Crippen molar-refractivity contribution in [2.75, 3.05) is 5.75 Å². The minimum atomic E-state index is -0.689. The number of aromatic nitrogens is 4. The Balaban J connectivity index is 1.60. The van der Waals surface area contributed by atoms with Crippen LogP contribution in [0.3, 0.4) is 0 Å². The van der Waals surface area contributed by atoms with E-state index in [1.54, 1.807) is 23.9 Å². The third kappa shape index (κ3) is 4.48. The highest BCUT2D eigenvalue weighted by molar-refractivity contribution is 7.99. The average molecular weight is 389 g/mol. The van der Waals surface area contributed by atoms with E-state index in [2.05, 4.69) is 20.5 Å². The molecule has 2 heterocycles. The topological polar surface area (TPSA) is 72.7 Å². The first-order valence-electron chi connectivity index (χ1n) is 8.12. The van der Waals surface area contributed by atoms with Crippen molar-refractivity contribution < 1.29 is 13.6 Å². The minimum absolute atomic E-state index is 0.0927. The van der Waals surface area contributed by atoms with Crippen molar-refractivity contribution in [3.63, 3.8) is 0 Å². The molecule has 1 aromatic carbocycles. The third-order valence-electron chi connectivity index (χ3n) is 3.91. The van der Waals surface area contributed by atoms with Crippen molar-refractivity contribution in [1.82, 2.24) is 25.1 Å². The molecule has 0 unspecified atom stereocenters. The molecule has 0 aliphatic heterocycles. The molecule has 1 atom stereocenters. The molecule has 0 radical (unpaired) electrons. The maximum atomic E-state index is 13.8. The van der Waals surface area contributed by atoms with Gasteiger partial charge in [0.25, 0.3) is 0 Å². The van der Waals surface area contributed by atoms with E-state index in [1.165, 1.54) is 17.8 Å². The average Bonchev–Trinajstić information content (AvgIpc) is 3.01. The number of nitrogens with one attached hydrogen (secondary N) is 1. The summed E-state index contributed by atoms with van der Waals surface area (Å²) in [6, 6.07) is 6.36. The van der Waals surface area contributed by atoms with E-state index < -0.39 is 17.7 Å². The molecule has 27 heavy (non-hydrogen) atoms. The van der Waals surface area contributed by atoms with Gasteiger partial charge in [0.2, 0.25) is 5.91 Å². The number of rotatable bonds is 6. The number of carbonyl (C=O) groups is 1. The summed E-state index contributed by atoms with van der Waals surface area (Å²) >= 11 is 1.22. The Labute approximate surface area is 159 Å². The van der Waals surface area contributed by atoms with E-state index in [9.17, 15) is 13.6 Å². The van der Waals surface area contributed by atoms with Gasteiger partial charge in [-0.1, -0.05) is 17.8 Å². The maximum absolute atomic E-state index is 13.8. The predicted molar refractivity (Wildman–Crippen MR) is 97.9 cm³/mol. The maximum Gasteiger partial charge on any atom is 0.230 e. The zero-order valence-corrected chi connectivity index (χ0v) is 15.5. The van der Waals surface area contributed by atoms with Gasteiger partial charge < -0.3 is 9.88 Å². The van der Waals surface area contributed by atoms with E-state index in [4.69, 9.17) is 0 Å². The molecule has 1 N–H and O–H groups in total. The molecule has 0 aliphatic rings. The van der Waals surface area contributed by atoms with Crippen LogP contribution in [0.15, 0.2) is 47.9 Å². The molecule has 0 saturated heterocycles. The van der Waals surface area contributed by atoms with Crippen LogP contribution in [0.5, 0.6) is 0 Å². The molecule has 0 fully saturated rings. The third-order valence-corrected chi connectivity index (χ3v) is 4.93. The molecule has 140 valence electrons. The summed E-state index contributed by atoms with van der Waals surface area (Å²) in [4.78, 5) is 16.1. The lowest BCUT2D eigenvalue weighted by Gasteiger charge is -2.15. The zero-order valence-electron chi connectivity index (χ0n) is 14.7. The number of hydrogen-bond acceptors (Lipinski definition) is 5. The van der Waals surface area contributed by atoms with E-state index in [0.717, 1.165) is 17.7 Å². The van der Waals surface area contributed by atoms with Gasteiger partial charge in [-0.05, 0) is 25.1 Å². The monoisotopic (exact) mass is 389 g/mol. The minimum Gasteiger partial charge on any atom is -0.349 e. The number of carbonyl (C=O) groups excluding carboxylic acids is 1. The molecule has 0 bridgehead atoms. The first-order chi connectivity index (χ1) is 13.0. The largest absolute Gasteiger partial charge is 0.349 e. The smallest absolute Gasteiger partial charge is 0.230 e. The number of amides is 1. The fraction of sp³-hybridized carbons (Fsp3) is 0.222. The summed E-state index contributed by atoms with van der Waals surface area (Å²) in [7, 11) is 1.81. The molecule has 9 heteroatoms. The second kappa shape index (κ2) is 8.26. The second-order valence-corrected chi connectivity index (χ2v) is 6.79. The number of halogens is 2. The summed E-state index contributed by atoms with van der Waals surface area (Å²) in [6.07, 6.45) is 3.33. The first kappa shape index (κ1) is 19.0. The van der Waals surface area contributed by atoms with Gasteiger partial charge in [-0.2, -0.15) is 0 Å². The Kier molecular flexibility index (Phi) is 5.80. The zero-order chi connectivity index (χ0) is 19.4. The van der Waals surface area contributed by atoms with E-state index in [-0.39, 0.29) is 17.2 Å². The van der Waals surface area contributed by atoms with Crippen molar-refractivity contribution in [2.24, 2.45) is 7.05 Å². The van der Waals surface area contributed by atoms with Crippen molar-refractivity contribution in [3.05, 3.63) is 59.9 Å². The van der Waals surface area contributed by atoms with Gasteiger partial charge in [-0.3, -0.25) is 9.78 Å². The Morgan fingerprint density at radius 1 is 1.22 bits per heavy atom. The SMILES string of the molecule is C[C@H](NC(=O)CSc1nnc(-c2ccncc2)n1C)c1ccc(F)cc1F. The number of benzene rings is 1. The summed E-state index contributed by atoms with van der Waals surface area (Å²) < 4.78 is 28.6. The van der Waals surface area contributed by atoms with Gasteiger partial charge in [-0.15, -0.1) is 10.2 Å². The second-order valence-electron chi connectivity index (χ2n) is 5.84. The van der Waals surface area contributed by atoms with Gasteiger partial charge in [0.1, 0.15) is 11.6 Å². The Morgan fingerprint density at radius 3 is 2.67 bits per heavy atom. The number of thioether (sulfide) groups is 1. The van der Waals surface area contributed by atoms with Crippen molar-refractivity contribution in [1.29, 1.82) is 0 Å². The molecule has 0 spiro atoms. The van der Waals surface area contributed by atoms with Crippen molar-refractivity contribution in [2.45, 2.75) is 18.1 Å². The lowest BCUT2D eigenvalue weighted by molar-refractivity contribution is -0.119. The van der Waals surface area contributed by atoms with Crippen LogP contribution in [-0.4, -0.2) is 31.4 Å². The number of nitrogens with zero attached hydrogens (tertiary/aromatic N) is 4. The fourth-order valence-electron chi connectivity index (χ4n) is 2.54. The normalized spacial score (nSPS) is 12.0. The predicted octanol–water partition coefficient (Wildman–Crippen LogP) is 3.12. The van der Waals surface area contributed by atoms with Gasteiger partial charge in [0, 0.05) is 36.6 Å². The van der Waals surface area contributed by atoms with E-state index in [1.807, 2.05) is 19.2 Å². The van der Waals surface area contributed by atoms with Crippen LogP contribution in [0.4, 0.5) is 8.78 Å². The van der Waals surface area contributed by atoms with Crippen LogP contribution in [-0.2, 0) is 11.8 Å². The Hall–Kier alpha value is -2.81. The van der Waals surface area contributed by atoms with Crippen molar-refractivity contribution in [3.8, 4) is 11.4 Å². The lowest BCUT2D eigenvalue weighted by Crippen LogP contribution is -2.28.